The zero-order valence-electron chi connectivity index (χ0n) is 7.22. The number of hydrogen-bond donors (Lipinski definition) is 0. The van der Waals surface area contributed by atoms with Gasteiger partial charge in [0.05, 0.1) is 0 Å². The maximum Gasteiger partial charge on any atom is 0.278 e. The number of aromatic nitrogens is 2. The highest BCUT2D eigenvalue weighted by molar-refractivity contribution is 9.10. The third-order valence-electron chi connectivity index (χ3n) is 1.80. The Kier molecular flexibility index (Phi) is 2.45. The van der Waals surface area contributed by atoms with Crippen LogP contribution < -0.4 is 0 Å². The molecule has 0 aliphatic carbocycles. The summed E-state index contributed by atoms with van der Waals surface area (Å²) in [6.45, 7) is 0. The van der Waals surface area contributed by atoms with Gasteiger partial charge >= 0.3 is 0 Å². The minimum atomic E-state index is -0.123. The van der Waals surface area contributed by atoms with E-state index in [0.717, 1.165) is 4.47 Å². The highest BCUT2D eigenvalue weighted by atomic mass is 79.9. The first-order chi connectivity index (χ1) is 6.77. The van der Waals surface area contributed by atoms with Gasteiger partial charge in [0, 0.05) is 22.4 Å². The van der Waals surface area contributed by atoms with E-state index in [-0.39, 0.29) is 5.91 Å². The van der Waals surface area contributed by atoms with Crippen molar-refractivity contribution in [2.75, 3.05) is 0 Å². The minimum Gasteiger partial charge on any atom is -0.267 e. The second-order valence-electron chi connectivity index (χ2n) is 2.76. The van der Waals surface area contributed by atoms with Crippen molar-refractivity contribution in [3.05, 3.63) is 52.8 Å². The summed E-state index contributed by atoms with van der Waals surface area (Å²) in [7, 11) is 0. The normalized spacial score (nSPS) is 10.1. The molecule has 1 heterocycles. The summed E-state index contributed by atoms with van der Waals surface area (Å²) in [5.41, 5.74) is 0.622. The zero-order chi connectivity index (χ0) is 9.97. The summed E-state index contributed by atoms with van der Waals surface area (Å²) in [6, 6.07) is 8.90. The second kappa shape index (κ2) is 3.75. The van der Waals surface area contributed by atoms with E-state index in [1.165, 1.54) is 4.68 Å². The van der Waals surface area contributed by atoms with Gasteiger partial charge in [0.25, 0.3) is 5.91 Å². The number of rotatable bonds is 1. The van der Waals surface area contributed by atoms with E-state index in [9.17, 15) is 4.79 Å². The first-order valence-corrected chi connectivity index (χ1v) is 4.86. The largest absolute Gasteiger partial charge is 0.278 e. The van der Waals surface area contributed by atoms with Crippen LogP contribution in [0.15, 0.2) is 47.2 Å². The second-order valence-corrected chi connectivity index (χ2v) is 3.68. The van der Waals surface area contributed by atoms with Gasteiger partial charge in [-0.3, -0.25) is 4.79 Å². The average Bonchev–Trinajstić information content (AvgIpc) is 2.71. The number of benzene rings is 1. The van der Waals surface area contributed by atoms with Gasteiger partial charge in [-0.2, -0.15) is 5.10 Å². The molecule has 70 valence electrons. The SMILES string of the molecule is O=C(c1ccc(Br)cc1)n1cccn1. The lowest BCUT2D eigenvalue weighted by atomic mass is 10.2. The molecular formula is C10H7BrN2O. The molecule has 3 nitrogen and oxygen atoms in total. The summed E-state index contributed by atoms with van der Waals surface area (Å²) in [6.07, 6.45) is 3.21. The van der Waals surface area contributed by atoms with E-state index in [2.05, 4.69) is 21.0 Å². The van der Waals surface area contributed by atoms with Crippen LogP contribution in [0.3, 0.4) is 0 Å². The molecule has 0 aliphatic rings. The molecule has 0 bridgehead atoms. The first-order valence-electron chi connectivity index (χ1n) is 4.07. The topological polar surface area (TPSA) is 34.9 Å². The Hall–Kier alpha value is -1.42. The molecule has 0 saturated carbocycles. The zero-order valence-corrected chi connectivity index (χ0v) is 8.81. The van der Waals surface area contributed by atoms with Crippen LogP contribution >= 0.6 is 15.9 Å². The van der Waals surface area contributed by atoms with Crippen LogP contribution in [-0.2, 0) is 0 Å². The van der Waals surface area contributed by atoms with E-state index in [1.807, 2.05) is 12.1 Å². The molecule has 0 atom stereocenters. The van der Waals surface area contributed by atoms with E-state index >= 15 is 0 Å². The highest BCUT2D eigenvalue weighted by Gasteiger charge is 2.06. The van der Waals surface area contributed by atoms with Gasteiger partial charge in [0.2, 0.25) is 0 Å². The van der Waals surface area contributed by atoms with E-state index in [4.69, 9.17) is 0 Å². The molecular weight excluding hydrogens is 244 g/mol. The molecule has 0 unspecified atom stereocenters. The lowest BCUT2D eigenvalue weighted by Crippen LogP contribution is -2.11. The smallest absolute Gasteiger partial charge is 0.267 e. The van der Waals surface area contributed by atoms with Gasteiger partial charge in [0.15, 0.2) is 0 Å². The lowest BCUT2D eigenvalue weighted by molar-refractivity contribution is 0.0945. The summed E-state index contributed by atoms with van der Waals surface area (Å²) in [4.78, 5) is 11.7. The standard InChI is InChI=1S/C10H7BrN2O/c11-9-4-2-8(3-5-9)10(14)13-7-1-6-12-13/h1-7H. The van der Waals surface area contributed by atoms with Gasteiger partial charge in [-0.05, 0) is 30.3 Å². The lowest BCUT2D eigenvalue weighted by Gasteiger charge is -1.99. The van der Waals surface area contributed by atoms with E-state index < -0.39 is 0 Å². The maximum atomic E-state index is 11.7. The summed E-state index contributed by atoms with van der Waals surface area (Å²) < 4.78 is 2.26. The van der Waals surface area contributed by atoms with Crippen molar-refractivity contribution in [1.29, 1.82) is 0 Å². The number of carbonyl (C=O) groups is 1. The number of hydrogen-bond acceptors (Lipinski definition) is 2. The molecule has 1 aromatic carbocycles. The Morgan fingerprint density at radius 3 is 2.57 bits per heavy atom. The molecule has 0 radical (unpaired) electrons. The first kappa shape index (κ1) is 9.15. The van der Waals surface area contributed by atoms with Crippen molar-refractivity contribution in [2.24, 2.45) is 0 Å². The van der Waals surface area contributed by atoms with Gasteiger partial charge < -0.3 is 0 Å². The quantitative estimate of drug-likeness (QED) is 0.779. The predicted molar refractivity (Wildman–Crippen MR) is 56.1 cm³/mol. The molecule has 1 aromatic heterocycles. The maximum absolute atomic E-state index is 11.7. The van der Waals surface area contributed by atoms with Gasteiger partial charge in [-0.25, -0.2) is 4.68 Å². The van der Waals surface area contributed by atoms with Crippen molar-refractivity contribution in [2.45, 2.75) is 0 Å². The van der Waals surface area contributed by atoms with Crippen LogP contribution in [0.1, 0.15) is 10.4 Å². The van der Waals surface area contributed by atoms with Crippen molar-refractivity contribution in [1.82, 2.24) is 9.78 Å². The fourth-order valence-corrected chi connectivity index (χ4v) is 1.38. The minimum absolute atomic E-state index is 0.123. The Morgan fingerprint density at radius 1 is 1.29 bits per heavy atom. The number of carbonyl (C=O) groups excluding carboxylic acids is 1. The van der Waals surface area contributed by atoms with Crippen molar-refractivity contribution in [3.8, 4) is 0 Å². The third kappa shape index (κ3) is 1.75. The van der Waals surface area contributed by atoms with Crippen molar-refractivity contribution >= 4 is 21.8 Å². The van der Waals surface area contributed by atoms with Crippen molar-refractivity contribution in [3.63, 3.8) is 0 Å². The van der Waals surface area contributed by atoms with Crippen LogP contribution in [0.2, 0.25) is 0 Å². The van der Waals surface area contributed by atoms with Gasteiger partial charge in [-0.1, -0.05) is 15.9 Å². The summed E-state index contributed by atoms with van der Waals surface area (Å²) in [5.74, 6) is -0.123. The van der Waals surface area contributed by atoms with E-state index in [0.29, 0.717) is 5.56 Å². The Balaban J connectivity index is 2.33. The molecule has 0 N–H and O–H groups in total. The fraction of sp³-hybridized carbons (Fsp3) is 0. The molecule has 0 aliphatic heterocycles. The molecule has 14 heavy (non-hydrogen) atoms. The molecule has 2 aromatic rings. The average molecular weight is 251 g/mol. The fourth-order valence-electron chi connectivity index (χ4n) is 1.11. The summed E-state index contributed by atoms with van der Waals surface area (Å²) >= 11 is 3.31. The molecule has 0 fully saturated rings. The van der Waals surface area contributed by atoms with Gasteiger partial charge in [0.1, 0.15) is 0 Å². The van der Waals surface area contributed by atoms with Gasteiger partial charge in [-0.15, -0.1) is 0 Å². The Labute approximate surface area is 89.5 Å². The highest BCUT2D eigenvalue weighted by Crippen LogP contribution is 2.11. The van der Waals surface area contributed by atoms with Crippen LogP contribution in [0.25, 0.3) is 0 Å². The van der Waals surface area contributed by atoms with Crippen LogP contribution in [0, 0.1) is 0 Å². The van der Waals surface area contributed by atoms with Crippen LogP contribution in [-0.4, -0.2) is 15.7 Å². The number of halogens is 1. The molecule has 0 saturated heterocycles. The predicted octanol–water partition coefficient (Wildman–Crippen LogP) is 2.33. The molecule has 0 amide bonds. The monoisotopic (exact) mass is 250 g/mol. The third-order valence-corrected chi connectivity index (χ3v) is 2.33. The Morgan fingerprint density at radius 2 is 2.00 bits per heavy atom. The summed E-state index contributed by atoms with van der Waals surface area (Å²) in [5, 5.41) is 3.87. The van der Waals surface area contributed by atoms with E-state index in [1.54, 1.807) is 30.6 Å². The molecule has 2 rings (SSSR count). The van der Waals surface area contributed by atoms with Crippen molar-refractivity contribution < 1.29 is 4.79 Å². The van der Waals surface area contributed by atoms with Crippen LogP contribution in [0.5, 0.6) is 0 Å². The molecule has 4 heteroatoms. The number of nitrogens with zero attached hydrogens (tertiary/aromatic N) is 2. The Bertz CT molecular complexity index is 434. The molecule has 0 spiro atoms. The van der Waals surface area contributed by atoms with Crippen LogP contribution in [0.4, 0.5) is 0 Å².